The molecule has 0 radical (unpaired) electrons. The Balaban J connectivity index is 1.64. The second kappa shape index (κ2) is 8.71. The van der Waals surface area contributed by atoms with Crippen LogP contribution in [0.5, 0.6) is 0 Å². The second-order valence-electron chi connectivity index (χ2n) is 6.54. The molecule has 1 aromatic heterocycles. The molecule has 5 nitrogen and oxygen atoms in total. The fourth-order valence-electron chi connectivity index (χ4n) is 3.13. The molecule has 0 aliphatic heterocycles. The van der Waals surface area contributed by atoms with Gasteiger partial charge in [0.05, 0.1) is 5.56 Å². The smallest absolute Gasteiger partial charge is 0.271 e. The lowest BCUT2D eigenvalue weighted by atomic mass is 10.1. The Morgan fingerprint density at radius 1 is 1.00 bits per heavy atom. The largest absolute Gasteiger partial charge is 0.331 e. The first-order valence-corrected chi connectivity index (χ1v) is 9.61. The molecular formula is C22H24N4OS. The van der Waals surface area contributed by atoms with Gasteiger partial charge in [0.2, 0.25) is 0 Å². The maximum atomic E-state index is 12.6. The van der Waals surface area contributed by atoms with Crippen molar-refractivity contribution in [1.82, 2.24) is 15.4 Å². The third-order valence-corrected chi connectivity index (χ3v) is 4.80. The number of aromatic nitrogens is 1. The normalized spacial score (nSPS) is 10.4. The van der Waals surface area contributed by atoms with E-state index in [2.05, 4.69) is 27.7 Å². The van der Waals surface area contributed by atoms with Gasteiger partial charge in [0.1, 0.15) is 0 Å². The number of rotatable bonds is 4. The number of hydrazine groups is 1. The maximum absolute atomic E-state index is 12.6. The second-order valence-corrected chi connectivity index (χ2v) is 6.95. The van der Waals surface area contributed by atoms with E-state index in [1.165, 1.54) is 5.56 Å². The average molecular weight is 393 g/mol. The lowest BCUT2D eigenvalue weighted by Crippen LogP contribution is -2.43. The first-order valence-electron chi connectivity index (χ1n) is 9.20. The number of hydrogen-bond acceptors (Lipinski definition) is 2. The number of nitrogens with one attached hydrogen (secondary N) is 3. The van der Waals surface area contributed by atoms with Gasteiger partial charge >= 0.3 is 0 Å². The fourth-order valence-corrected chi connectivity index (χ4v) is 3.30. The highest BCUT2D eigenvalue weighted by Crippen LogP contribution is 2.20. The van der Waals surface area contributed by atoms with Crippen LogP contribution in [0.4, 0.5) is 5.69 Å². The summed E-state index contributed by atoms with van der Waals surface area (Å²) in [6.07, 6.45) is 0.987. The molecule has 0 aliphatic rings. The van der Waals surface area contributed by atoms with Crippen molar-refractivity contribution in [3.63, 3.8) is 0 Å². The van der Waals surface area contributed by atoms with Gasteiger partial charge in [-0.1, -0.05) is 37.3 Å². The summed E-state index contributed by atoms with van der Waals surface area (Å²) in [6, 6.07) is 19.8. The van der Waals surface area contributed by atoms with E-state index >= 15 is 0 Å². The molecule has 0 spiro atoms. The molecule has 0 unspecified atom stereocenters. The van der Waals surface area contributed by atoms with Crippen LogP contribution < -0.4 is 16.2 Å². The lowest BCUT2D eigenvalue weighted by molar-refractivity contribution is 0.0943. The Kier molecular flexibility index (Phi) is 6.11. The van der Waals surface area contributed by atoms with Gasteiger partial charge in [-0.2, -0.15) is 0 Å². The number of carbonyl (C=O) groups excluding carboxylic acids is 1. The number of benzene rings is 2. The van der Waals surface area contributed by atoms with Crippen LogP contribution in [0.15, 0.2) is 60.7 Å². The molecule has 0 aliphatic carbocycles. The third-order valence-electron chi connectivity index (χ3n) is 4.60. The average Bonchev–Trinajstić information content (AvgIpc) is 3.01. The van der Waals surface area contributed by atoms with Gasteiger partial charge in [-0.05, 0) is 68.4 Å². The van der Waals surface area contributed by atoms with Gasteiger partial charge in [0.15, 0.2) is 5.11 Å². The summed E-state index contributed by atoms with van der Waals surface area (Å²) in [6.45, 7) is 6.02. The van der Waals surface area contributed by atoms with Crippen LogP contribution in [0, 0.1) is 13.8 Å². The summed E-state index contributed by atoms with van der Waals surface area (Å²) >= 11 is 5.26. The van der Waals surface area contributed by atoms with Crippen LogP contribution in [0.3, 0.4) is 0 Å². The molecule has 6 heteroatoms. The van der Waals surface area contributed by atoms with Crippen molar-refractivity contribution in [1.29, 1.82) is 0 Å². The maximum Gasteiger partial charge on any atom is 0.271 e. The number of thiocarbonyl (C=S) groups is 1. The van der Waals surface area contributed by atoms with Crippen molar-refractivity contribution >= 4 is 28.9 Å². The molecule has 3 rings (SSSR count). The number of amides is 1. The number of nitrogens with zero attached hydrogens (tertiary/aromatic N) is 1. The van der Waals surface area contributed by atoms with E-state index in [0.717, 1.165) is 29.2 Å². The van der Waals surface area contributed by atoms with E-state index in [9.17, 15) is 4.79 Å². The van der Waals surface area contributed by atoms with Crippen LogP contribution in [-0.2, 0) is 6.42 Å². The van der Waals surface area contributed by atoms with E-state index in [1.54, 1.807) is 0 Å². The molecule has 0 saturated carbocycles. The van der Waals surface area contributed by atoms with E-state index < -0.39 is 0 Å². The van der Waals surface area contributed by atoms with Crippen molar-refractivity contribution in [2.75, 3.05) is 5.32 Å². The van der Waals surface area contributed by atoms with Crippen molar-refractivity contribution in [2.24, 2.45) is 0 Å². The van der Waals surface area contributed by atoms with Crippen LogP contribution in [0.25, 0.3) is 5.69 Å². The molecule has 3 aromatic rings. The number of anilines is 1. The molecule has 1 amide bonds. The Morgan fingerprint density at radius 2 is 1.68 bits per heavy atom. The summed E-state index contributed by atoms with van der Waals surface area (Å²) in [5.74, 6) is -0.235. The predicted molar refractivity (Wildman–Crippen MR) is 118 cm³/mol. The molecule has 3 N–H and O–H groups in total. The van der Waals surface area contributed by atoms with E-state index in [4.69, 9.17) is 12.2 Å². The topological polar surface area (TPSA) is 58.1 Å². The van der Waals surface area contributed by atoms with E-state index in [-0.39, 0.29) is 5.91 Å². The minimum Gasteiger partial charge on any atom is -0.331 e. The molecule has 144 valence electrons. The summed E-state index contributed by atoms with van der Waals surface area (Å²) in [5, 5.41) is 3.39. The van der Waals surface area contributed by atoms with Crippen LogP contribution in [0.1, 0.15) is 34.2 Å². The van der Waals surface area contributed by atoms with Gasteiger partial charge < -0.3 is 9.88 Å². The van der Waals surface area contributed by atoms with Gasteiger partial charge in [-0.3, -0.25) is 15.6 Å². The summed E-state index contributed by atoms with van der Waals surface area (Å²) < 4.78 is 2.06. The zero-order chi connectivity index (χ0) is 20.1. The highest BCUT2D eigenvalue weighted by Gasteiger charge is 2.16. The Hall–Kier alpha value is -3.12. The molecular weight excluding hydrogens is 368 g/mol. The Labute approximate surface area is 170 Å². The zero-order valence-electron chi connectivity index (χ0n) is 16.2. The van der Waals surface area contributed by atoms with Crippen molar-refractivity contribution in [2.45, 2.75) is 27.2 Å². The quantitative estimate of drug-likeness (QED) is 0.458. The highest BCUT2D eigenvalue weighted by atomic mass is 32.1. The predicted octanol–water partition coefficient (Wildman–Crippen LogP) is 4.29. The van der Waals surface area contributed by atoms with Gasteiger partial charge in [-0.15, -0.1) is 0 Å². The van der Waals surface area contributed by atoms with Crippen molar-refractivity contribution in [3.05, 3.63) is 83.2 Å². The number of aryl methyl sites for hydroxylation is 2. The number of para-hydroxylation sites is 1. The standard InChI is InChI=1S/C22H24N4OS/c1-4-17-10-12-18(13-11-17)23-22(28)25-24-21(27)20-14-15(2)26(16(20)3)19-8-6-5-7-9-19/h5-14H,4H2,1-3H3,(H,24,27)(H2,23,25,28). The zero-order valence-corrected chi connectivity index (χ0v) is 17.1. The van der Waals surface area contributed by atoms with E-state index in [0.29, 0.717) is 10.7 Å². The molecule has 1 heterocycles. The monoisotopic (exact) mass is 392 g/mol. The molecule has 0 saturated heterocycles. The van der Waals surface area contributed by atoms with Crippen molar-refractivity contribution < 1.29 is 4.79 Å². The lowest BCUT2D eigenvalue weighted by Gasteiger charge is -2.12. The molecule has 0 fully saturated rings. The molecule has 0 bridgehead atoms. The van der Waals surface area contributed by atoms with Crippen LogP contribution >= 0.6 is 12.2 Å². The van der Waals surface area contributed by atoms with Crippen LogP contribution in [-0.4, -0.2) is 15.6 Å². The SMILES string of the molecule is CCc1ccc(NC(=S)NNC(=O)c2cc(C)n(-c3ccccc3)c2C)cc1. The molecule has 0 atom stereocenters. The number of hydrogen-bond donors (Lipinski definition) is 3. The minimum atomic E-state index is -0.235. The van der Waals surface area contributed by atoms with Gasteiger partial charge in [0.25, 0.3) is 5.91 Å². The van der Waals surface area contributed by atoms with Crippen LogP contribution in [0.2, 0.25) is 0 Å². The fraction of sp³-hybridized carbons (Fsp3) is 0.182. The molecule has 28 heavy (non-hydrogen) atoms. The highest BCUT2D eigenvalue weighted by molar-refractivity contribution is 7.80. The van der Waals surface area contributed by atoms with Crippen molar-refractivity contribution in [3.8, 4) is 5.69 Å². The summed E-state index contributed by atoms with van der Waals surface area (Å²) in [7, 11) is 0. The minimum absolute atomic E-state index is 0.235. The first-order chi connectivity index (χ1) is 13.5. The van der Waals surface area contributed by atoms with Gasteiger partial charge in [0, 0.05) is 22.8 Å². The first kappa shape index (κ1) is 19.6. The summed E-state index contributed by atoms with van der Waals surface area (Å²) in [4.78, 5) is 12.6. The Morgan fingerprint density at radius 3 is 2.32 bits per heavy atom. The van der Waals surface area contributed by atoms with E-state index in [1.807, 2.05) is 74.5 Å². The third kappa shape index (κ3) is 4.40. The molecule has 2 aromatic carbocycles. The number of carbonyl (C=O) groups is 1. The Bertz CT molecular complexity index is 978. The van der Waals surface area contributed by atoms with Gasteiger partial charge in [-0.25, -0.2) is 0 Å². The summed E-state index contributed by atoms with van der Waals surface area (Å²) in [5.41, 5.74) is 11.0.